The molecular weight excluding hydrogens is 603 g/mol. The summed E-state index contributed by atoms with van der Waals surface area (Å²) in [5.74, 6) is -0.925. The Morgan fingerprint density at radius 1 is 0.935 bits per heavy atom. The van der Waals surface area contributed by atoms with Crippen molar-refractivity contribution in [3.63, 3.8) is 0 Å². The molecule has 13 heteroatoms. The summed E-state index contributed by atoms with van der Waals surface area (Å²) in [5.41, 5.74) is 0.468. The maximum absolute atomic E-state index is 15.2. The molecule has 0 atom stereocenters. The van der Waals surface area contributed by atoms with Crippen molar-refractivity contribution in [1.82, 2.24) is 14.8 Å². The Labute approximate surface area is 263 Å². The molecule has 2 amide bonds. The third-order valence-electron chi connectivity index (χ3n) is 7.59. The number of nitrogens with zero attached hydrogens (tertiary/aromatic N) is 4. The van der Waals surface area contributed by atoms with Crippen LogP contribution in [0, 0.1) is 17.5 Å². The molecule has 4 aromatic rings. The quantitative estimate of drug-likeness (QED) is 0.202. The summed E-state index contributed by atoms with van der Waals surface area (Å²) in [6.45, 7) is 4.61. The number of carbonyl (C=O) groups excluding carboxylic acids is 1. The first-order valence-electron chi connectivity index (χ1n) is 14.7. The molecule has 240 valence electrons. The van der Waals surface area contributed by atoms with E-state index < -0.39 is 23.5 Å². The molecule has 6 rings (SSSR count). The number of ether oxygens (including phenoxy) is 4. The molecule has 1 saturated heterocycles. The highest BCUT2D eigenvalue weighted by molar-refractivity contribution is 5.91. The zero-order valence-corrected chi connectivity index (χ0v) is 25.0. The molecule has 0 unspecified atom stereocenters. The molecule has 1 N–H and O–H groups in total. The van der Waals surface area contributed by atoms with E-state index in [9.17, 15) is 13.6 Å². The lowest BCUT2D eigenvalue weighted by Crippen LogP contribution is -2.37. The average molecular weight is 636 g/mol. The van der Waals surface area contributed by atoms with Gasteiger partial charge >= 0.3 is 6.03 Å². The number of para-hydroxylation sites is 1. The van der Waals surface area contributed by atoms with Crippen molar-refractivity contribution >= 4 is 28.3 Å². The number of urea groups is 1. The minimum Gasteiger partial charge on any atom is -0.493 e. The smallest absolute Gasteiger partial charge is 0.327 e. The van der Waals surface area contributed by atoms with Crippen molar-refractivity contribution in [3.05, 3.63) is 90.6 Å². The molecule has 0 bridgehead atoms. The van der Waals surface area contributed by atoms with E-state index >= 15 is 4.39 Å². The Morgan fingerprint density at radius 3 is 2.50 bits per heavy atom. The van der Waals surface area contributed by atoms with Gasteiger partial charge in [0.05, 0.1) is 32.4 Å². The van der Waals surface area contributed by atoms with Crippen LogP contribution in [0.5, 0.6) is 23.0 Å². The minimum atomic E-state index is -0.756. The first-order chi connectivity index (χ1) is 22.4. The van der Waals surface area contributed by atoms with Crippen molar-refractivity contribution in [3.8, 4) is 23.0 Å². The van der Waals surface area contributed by atoms with Crippen LogP contribution < -0.4 is 24.4 Å². The van der Waals surface area contributed by atoms with Gasteiger partial charge in [-0.15, -0.1) is 0 Å². The number of hydrogen-bond donors (Lipinski definition) is 1. The fourth-order valence-corrected chi connectivity index (χ4v) is 5.22. The number of aromatic nitrogens is 1. The summed E-state index contributed by atoms with van der Waals surface area (Å²) in [6, 6.07) is 12.0. The van der Waals surface area contributed by atoms with E-state index in [2.05, 4.69) is 15.2 Å². The molecule has 3 heterocycles. The lowest BCUT2D eigenvalue weighted by atomic mass is 10.1. The Kier molecular flexibility index (Phi) is 9.41. The number of hydrogen-bond acceptors (Lipinski definition) is 8. The zero-order chi connectivity index (χ0) is 32.0. The monoisotopic (exact) mass is 635 g/mol. The Bertz CT molecular complexity index is 1730. The molecular formula is C33H32F3N5O5. The van der Waals surface area contributed by atoms with E-state index in [0.29, 0.717) is 34.8 Å². The van der Waals surface area contributed by atoms with Crippen LogP contribution in [0.25, 0.3) is 10.9 Å². The van der Waals surface area contributed by atoms with Gasteiger partial charge in [0.2, 0.25) is 0 Å². The molecule has 0 radical (unpaired) electrons. The SMILES string of the molecule is COc1cc2c(Oc3ccc(NC(=O)N4C=CN(c5c(F)cccc5F)C4)cc3F)ccnc2cc1OCCCN1CCOCC1. The van der Waals surface area contributed by atoms with E-state index in [1.165, 1.54) is 40.4 Å². The number of amides is 2. The highest BCUT2D eigenvalue weighted by Crippen LogP contribution is 2.38. The van der Waals surface area contributed by atoms with Crippen LogP contribution >= 0.6 is 0 Å². The Hall–Kier alpha value is -5.01. The number of methoxy groups -OCH3 is 1. The summed E-state index contributed by atoms with van der Waals surface area (Å²) in [7, 11) is 1.54. The minimum absolute atomic E-state index is 0.0739. The van der Waals surface area contributed by atoms with Gasteiger partial charge in [-0.2, -0.15) is 0 Å². The van der Waals surface area contributed by atoms with Crippen LogP contribution in [0.4, 0.5) is 29.3 Å². The van der Waals surface area contributed by atoms with Crippen LogP contribution in [-0.4, -0.2) is 74.0 Å². The summed E-state index contributed by atoms with van der Waals surface area (Å²) < 4.78 is 66.4. The van der Waals surface area contributed by atoms with E-state index in [1.807, 2.05) is 0 Å². The van der Waals surface area contributed by atoms with Gasteiger partial charge in [-0.05, 0) is 42.8 Å². The number of morpholine rings is 1. The Morgan fingerprint density at radius 2 is 1.74 bits per heavy atom. The second kappa shape index (κ2) is 14.0. The molecule has 0 aliphatic carbocycles. The number of benzene rings is 3. The number of halogens is 3. The molecule has 2 aliphatic heterocycles. The van der Waals surface area contributed by atoms with Crippen molar-refractivity contribution in [2.24, 2.45) is 0 Å². The van der Waals surface area contributed by atoms with Crippen molar-refractivity contribution in [1.29, 1.82) is 0 Å². The van der Waals surface area contributed by atoms with E-state index in [1.54, 1.807) is 31.5 Å². The molecule has 3 aromatic carbocycles. The van der Waals surface area contributed by atoms with Gasteiger partial charge in [0.1, 0.15) is 29.7 Å². The molecule has 46 heavy (non-hydrogen) atoms. The van der Waals surface area contributed by atoms with Gasteiger partial charge in [-0.3, -0.25) is 14.8 Å². The van der Waals surface area contributed by atoms with Gasteiger partial charge in [0.15, 0.2) is 23.1 Å². The molecule has 0 spiro atoms. The molecule has 10 nitrogen and oxygen atoms in total. The molecule has 2 aliphatic rings. The predicted octanol–water partition coefficient (Wildman–Crippen LogP) is 6.34. The van der Waals surface area contributed by atoms with Crippen molar-refractivity contribution in [2.45, 2.75) is 6.42 Å². The number of anilines is 2. The van der Waals surface area contributed by atoms with Gasteiger partial charge in [0, 0.05) is 61.4 Å². The van der Waals surface area contributed by atoms with Crippen LogP contribution in [-0.2, 0) is 4.74 Å². The van der Waals surface area contributed by atoms with Crippen LogP contribution in [0.15, 0.2) is 73.2 Å². The third-order valence-corrected chi connectivity index (χ3v) is 7.59. The Balaban J connectivity index is 1.09. The average Bonchev–Trinajstić information content (AvgIpc) is 3.54. The predicted molar refractivity (Wildman–Crippen MR) is 166 cm³/mol. The molecule has 1 fully saturated rings. The number of fused-ring (bicyclic) bond motifs is 1. The standard InChI is InChI=1S/C33H32F3N5O5/c1-43-30-19-23-27(20-31(30)45-15-3-10-39-13-16-44-17-14-39)37-9-8-28(23)46-29-7-6-22(18-26(29)36)38-33(42)41-12-11-40(21-41)32-24(34)4-2-5-25(32)35/h2,4-9,11-12,18-20H,3,10,13-17,21H2,1H3,(H,38,42). The number of nitrogens with one attached hydrogen (secondary N) is 1. The van der Waals surface area contributed by atoms with E-state index in [0.717, 1.165) is 57.5 Å². The van der Waals surface area contributed by atoms with Crippen molar-refractivity contribution < 1.29 is 36.9 Å². The van der Waals surface area contributed by atoms with Gasteiger partial charge in [-0.25, -0.2) is 18.0 Å². The van der Waals surface area contributed by atoms with E-state index in [4.69, 9.17) is 18.9 Å². The van der Waals surface area contributed by atoms with Crippen LogP contribution in [0.1, 0.15) is 6.42 Å². The largest absolute Gasteiger partial charge is 0.493 e. The second-order valence-corrected chi connectivity index (χ2v) is 10.6. The lowest BCUT2D eigenvalue weighted by Gasteiger charge is -2.26. The topological polar surface area (TPSA) is 88.6 Å². The fourth-order valence-electron chi connectivity index (χ4n) is 5.22. The lowest BCUT2D eigenvalue weighted by molar-refractivity contribution is 0.0357. The summed E-state index contributed by atoms with van der Waals surface area (Å²) in [5, 5.41) is 3.18. The highest BCUT2D eigenvalue weighted by Gasteiger charge is 2.24. The molecule has 1 aromatic heterocycles. The fraction of sp³-hybridized carbons (Fsp3) is 0.273. The third kappa shape index (κ3) is 6.95. The first-order valence-corrected chi connectivity index (χ1v) is 14.7. The normalized spacial score (nSPS) is 15.0. The van der Waals surface area contributed by atoms with Gasteiger partial charge < -0.3 is 29.2 Å². The van der Waals surface area contributed by atoms with Crippen molar-refractivity contribution in [2.75, 3.05) is 63.5 Å². The van der Waals surface area contributed by atoms with Gasteiger partial charge in [-0.1, -0.05) is 6.07 Å². The summed E-state index contributed by atoms with van der Waals surface area (Å²) in [6.07, 6.45) is 5.15. The summed E-state index contributed by atoms with van der Waals surface area (Å²) >= 11 is 0. The van der Waals surface area contributed by atoms with Crippen LogP contribution in [0.3, 0.4) is 0 Å². The van der Waals surface area contributed by atoms with Crippen LogP contribution in [0.2, 0.25) is 0 Å². The van der Waals surface area contributed by atoms with Gasteiger partial charge in [0.25, 0.3) is 0 Å². The number of rotatable bonds is 10. The van der Waals surface area contributed by atoms with E-state index in [-0.39, 0.29) is 23.8 Å². The maximum atomic E-state index is 15.2. The number of carbonyl (C=O) groups is 1. The highest BCUT2D eigenvalue weighted by atomic mass is 19.1. The number of pyridine rings is 1. The first kappa shape index (κ1) is 31.0. The summed E-state index contributed by atoms with van der Waals surface area (Å²) in [4.78, 5) is 22.0. The zero-order valence-electron chi connectivity index (χ0n) is 25.0. The molecule has 0 saturated carbocycles. The second-order valence-electron chi connectivity index (χ2n) is 10.6. The maximum Gasteiger partial charge on any atom is 0.327 e.